The lowest BCUT2D eigenvalue weighted by Crippen LogP contribution is -2.71. The Balaban J connectivity index is 1.62. The molecule has 4 aliphatic rings. The number of hydrogen-bond donors (Lipinski definition) is 13. The van der Waals surface area contributed by atoms with Gasteiger partial charge in [0, 0.05) is 20.8 Å². The lowest BCUT2D eigenvalue weighted by molar-refractivity contribution is -0.361. The molecule has 27 nitrogen and oxygen atoms in total. The molecule has 4 fully saturated rings. The van der Waals surface area contributed by atoms with Crippen LogP contribution in [0.2, 0.25) is 0 Å². The molecule has 4 aliphatic heterocycles. The van der Waals surface area contributed by atoms with E-state index in [4.69, 9.17) is 38.9 Å². The van der Waals surface area contributed by atoms with E-state index in [1.165, 1.54) is 0 Å². The molecule has 4 rings (SSSR count). The number of carbonyl (C=O) groups excluding carboxylic acids is 3. The number of aliphatic hydroxyl groups is 9. The highest BCUT2D eigenvalue weighted by Crippen LogP contribution is 2.34. The molecule has 336 valence electrons. The van der Waals surface area contributed by atoms with Gasteiger partial charge in [0.25, 0.3) is 0 Å². The third-order valence-electron chi connectivity index (χ3n) is 9.69. The molecule has 2 unspecified atom stereocenters. The van der Waals surface area contributed by atoms with E-state index in [1.54, 1.807) is 0 Å². The van der Waals surface area contributed by atoms with Gasteiger partial charge in [-0.3, -0.25) is 18.6 Å². The Labute approximate surface area is 330 Å². The summed E-state index contributed by atoms with van der Waals surface area (Å²) >= 11 is 0. The maximum absolute atomic E-state index is 12.4. The summed E-state index contributed by atoms with van der Waals surface area (Å²) in [6, 6.07) is -6.44. The van der Waals surface area contributed by atoms with E-state index in [9.17, 15) is 73.3 Å². The van der Waals surface area contributed by atoms with Crippen LogP contribution in [0.3, 0.4) is 0 Å². The van der Waals surface area contributed by atoms with Crippen LogP contribution in [-0.2, 0) is 62.1 Å². The van der Waals surface area contributed by atoms with Crippen LogP contribution in [-0.4, -0.2) is 226 Å². The quantitative estimate of drug-likeness (QED) is 0.0537. The highest BCUT2D eigenvalue weighted by Gasteiger charge is 2.56. The zero-order valence-electron chi connectivity index (χ0n) is 31.1. The summed E-state index contributed by atoms with van der Waals surface area (Å²) < 4.78 is 78.1. The van der Waals surface area contributed by atoms with Gasteiger partial charge in [0.15, 0.2) is 25.2 Å². The Hall–Kier alpha value is -2.40. The fraction of sp³-hybridized carbons (Fsp3) is 0.900. The van der Waals surface area contributed by atoms with Gasteiger partial charge in [0.2, 0.25) is 28.1 Å². The van der Waals surface area contributed by atoms with Gasteiger partial charge in [-0.05, 0) is 0 Å². The number of aliphatic hydroxyl groups excluding tert-OH is 9. The molecular weight excluding hydrogens is 816 g/mol. The fourth-order valence-corrected chi connectivity index (χ4v) is 7.25. The van der Waals surface area contributed by atoms with Crippen molar-refractivity contribution in [3.8, 4) is 0 Å². The van der Waals surface area contributed by atoms with Crippen molar-refractivity contribution in [1.29, 1.82) is 0 Å². The lowest BCUT2D eigenvalue weighted by Gasteiger charge is -2.50. The molecule has 0 aliphatic carbocycles. The minimum Gasteiger partial charge on any atom is -0.726 e. The summed E-state index contributed by atoms with van der Waals surface area (Å²) in [5.74, 6) is -2.36. The molecule has 58 heavy (non-hydrogen) atoms. The van der Waals surface area contributed by atoms with E-state index in [-0.39, 0.29) is 0 Å². The zero-order chi connectivity index (χ0) is 43.4. The second-order valence-corrected chi connectivity index (χ2v) is 15.0. The van der Waals surface area contributed by atoms with Gasteiger partial charge in [-0.1, -0.05) is 0 Å². The summed E-state index contributed by atoms with van der Waals surface area (Å²) in [5.41, 5.74) is 5.97. The van der Waals surface area contributed by atoms with Crippen LogP contribution >= 0.6 is 0 Å². The van der Waals surface area contributed by atoms with E-state index < -0.39 is 177 Å². The van der Waals surface area contributed by atoms with Crippen LogP contribution in [0.5, 0.6) is 0 Å². The second-order valence-electron chi connectivity index (χ2n) is 13.9. The smallest absolute Gasteiger partial charge is 0.217 e. The molecule has 4 saturated heterocycles. The topological polar surface area (TPSA) is 426 Å². The number of nitrogens with one attached hydrogen (secondary N) is 3. The van der Waals surface area contributed by atoms with Crippen LogP contribution < -0.4 is 21.7 Å². The first-order chi connectivity index (χ1) is 27.1. The molecule has 0 saturated carbocycles. The number of rotatable bonds is 15. The predicted octanol–water partition coefficient (Wildman–Crippen LogP) is -9.87. The van der Waals surface area contributed by atoms with Crippen molar-refractivity contribution >= 4 is 28.1 Å². The SMILES string of the molecule is CC(=O)N[C@H]1[C@H](O[C@H]2C(O)[C@@H](NC(C)=O)[C@H](O)O[C@@H]2COS(=O)(=O)[O-])O[C@H](CO)[C@@H](O[C@@H]2O[C@H](CO)[C@@H](O[C@@H]3O[C@H](CO)[C@@H](O)[C@H](O)[C@H]3N)C(O)[C@H]2NC(C)=O)[C@@H]1O. The fourth-order valence-electron chi connectivity index (χ4n) is 6.95. The number of ether oxygens (including phenoxy) is 7. The molecule has 0 aromatic carbocycles. The van der Waals surface area contributed by atoms with Crippen LogP contribution in [0.4, 0.5) is 0 Å². The van der Waals surface area contributed by atoms with Crippen molar-refractivity contribution in [3.05, 3.63) is 0 Å². The lowest BCUT2D eigenvalue weighted by atomic mass is 9.93. The van der Waals surface area contributed by atoms with Gasteiger partial charge in [-0.25, -0.2) is 8.42 Å². The highest BCUT2D eigenvalue weighted by molar-refractivity contribution is 7.80. The largest absolute Gasteiger partial charge is 0.726 e. The minimum atomic E-state index is -5.38. The molecular formula is C30H51N4O23S-. The summed E-state index contributed by atoms with van der Waals surface area (Å²) in [6.45, 7) is -0.755. The third kappa shape index (κ3) is 11.5. The Kier molecular flexibility index (Phi) is 17.0. The Morgan fingerprint density at radius 2 is 0.966 bits per heavy atom. The predicted molar refractivity (Wildman–Crippen MR) is 179 cm³/mol. The monoisotopic (exact) mass is 867 g/mol. The number of hydrogen-bond acceptors (Lipinski definition) is 24. The molecule has 14 N–H and O–H groups in total. The molecule has 28 heteroatoms. The van der Waals surface area contributed by atoms with Crippen molar-refractivity contribution in [1.82, 2.24) is 16.0 Å². The average Bonchev–Trinajstić information content (AvgIpc) is 3.14. The summed E-state index contributed by atoms with van der Waals surface area (Å²) in [6.07, 6.45) is -28.2. The van der Waals surface area contributed by atoms with Gasteiger partial charge >= 0.3 is 0 Å². The van der Waals surface area contributed by atoms with E-state index >= 15 is 0 Å². The van der Waals surface area contributed by atoms with Gasteiger partial charge in [-0.2, -0.15) is 0 Å². The number of carbonyl (C=O) groups is 3. The maximum Gasteiger partial charge on any atom is 0.217 e. The third-order valence-corrected chi connectivity index (χ3v) is 10.1. The average molecular weight is 868 g/mol. The molecule has 0 spiro atoms. The van der Waals surface area contributed by atoms with Crippen LogP contribution in [0.15, 0.2) is 0 Å². The summed E-state index contributed by atoms with van der Waals surface area (Å²) in [7, 11) is -5.38. The van der Waals surface area contributed by atoms with Crippen molar-refractivity contribution in [3.63, 3.8) is 0 Å². The first kappa shape index (κ1) is 48.3. The van der Waals surface area contributed by atoms with Gasteiger partial charge < -0.3 is 105 Å². The molecule has 3 amide bonds. The van der Waals surface area contributed by atoms with Gasteiger partial charge in [0.05, 0.1) is 32.5 Å². The number of amides is 3. The van der Waals surface area contributed by atoms with E-state index in [1.807, 2.05) is 0 Å². The summed E-state index contributed by atoms with van der Waals surface area (Å²) in [4.78, 5) is 36.5. The Morgan fingerprint density at radius 1 is 0.586 bits per heavy atom. The van der Waals surface area contributed by atoms with Gasteiger partial charge in [-0.15, -0.1) is 0 Å². The normalized spacial score (nSPS) is 43.6. The van der Waals surface area contributed by atoms with Crippen molar-refractivity contribution in [2.24, 2.45) is 5.73 Å². The maximum atomic E-state index is 12.4. The van der Waals surface area contributed by atoms with Crippen LogP contribution in [0, 0.1) is 0 Å². The zero-order valence-corrected chi connectivity index (χ0v) is 31.9. The molecule has 0 aromatic rings. The Bertz CT molecular complexity index is 1500. The van der Waals surface area contributed by atoms with Crippen molar-refractivity contribution < 1.29 is 111 Å². The second kappa shape index (κ2) is 20.4. The highest BCUT2D eigenvalue weighted by atomic mass is 32.3. The van der Waals surface area contributed by atoms with Crippen molar-refractivity contribution in [2.45, 2.75) is 143 Å². The van der Waals surface area contributed by atoms with E-state index in [0.29, 0.717) is 0 Å². The molecule has 0 aromatic heterocycles. The minimum absolute atomic E-state index is 0.767. The molecule has 4 heterocycles. The van der Waals surface area contributed by atoms with E-state index in [0.717, 1.165) is 20.8 Å². The molecule has 0 radical (unpaired) electrons. The van der Waals surface area contributed by atoms with Gasteiger partial charge in [0.1, 0.15) is 91.4 Å². The molecule has 20 atom stereocenters. The first-order valence-corrected chi connectivity index (χ1v) is 19.1. The number of nitrogens with two attached hydrogens (primary N) is 1. The summed E-state index contributed by atoms with van der Waals surface area (Å²) in [5, 5.41) is 103. The van der Waals surface area contributed by atoms with E-state index in [2.05, 4.69) is 20.1 Å². The van der Waals surface area contributed by atoms with Crippen LogP contribution in [0.1, 0.15) is 20.8 Å². The molecule has 0 bridgehead atoms. The van der Waals surface area contributed by atoms with Crippen molar-refractivity contribution in [2.75, 3.05) is 26.4 Å². The Morgan fingerprint density at radius 3 is 1.38 bits per heavy atom. The standard InChI is InChI=1S/C30H52N4O23S/c1-8(38)32-16-21(43)26(14(51-27(16)46)7-50-58(47,48)49)57-30-18(34-10(3)40)23(45)25(13(6-37)54-30)56-29-17(33-9(2)39)22(44)24(12(5-36)53-29)55-28-15(31)20(42)19(41)11(4-35)52-28/h11-30,35-37,41-46H,4-7,31H2,1-3H3,(H,32,38)(H,33,39)(H,34,40)(H,47,48,49)/p-1/t11-,12-,13-,14-,15-,16-,17-,18-,19-,20-,21?,22?,23-,24-,25-,26-,27-,28+,29+,30+/m1/s1. The van der Waals surface area contributed by atoms with Crippen LogP contribution in [0.25, 0.3) is 0 Å². The first-order valence-electron chi connectivity index (χ1n) is 17.8.